The summed E-state index contributed by atoms with van der Waals surface area (Å²) < 4.78 is 32.4. The smallest absolute Gasteiger partial charge is 0.252 e. The third-order valence-electron chi connectivity index (χ3n) is 4.11. The minimum atomic E-state index is -3.67. The molecule has 0 radical (unpaired) electrons. The number of hydrogen-bond acceptors (Lipinski definition) is 6. The lowest BCUT2D eigenvalue weighted by molar-refractivity contribution is -0.116. The molecule has 2 heterocycles. The molecule has 0 saturated carbocycles. The second-order valence-corrected chi connectivity index (χ2v) is 10.1. The van der Waals surface area contributed by atoms with Crippen LogP contribution in [0.1, 0.15) is 0 Å². The van der Waals surface area contributed by atoms with Gasteiger partial charge in [0.05, 0.1) is 31.1 Å². The lowest BCUT2D eigenvalue weighted by Crippen LogP contribution is -2.37. The first-order valence-electron chi connectivity index (χ1n) is 8.30. The first-order chi connectivity index (χ1) is 12.9. The van der Waals surface area contributed by atoms with Crippen molar-refractivity contribution in [2.24, 2.45) is 0 Å². The Balaban J connectivity index is 1.73. The van der Waals surface area contributed by atoms with E-state index in [9.17, 15) is 13.2 Å². The third kappa shape index (κ3) is 4.88. The van der Waals surface area contributed by atoms with Crippen LogP contribution in [-0.2, 0) is 19.6 Å². The van der Waals surface area contributed by atoms with Crippen LogP contribution < -0.4 is 10.2 Å². The van der Waals surface area contributed by atoms with Crippen LogP contribution in [-0.4, -0.2) is 58.5 Å². The molecule has 10 heteroatoms. The van der Waals surface area contributed by atoms with Gasteiger partial charge in [0.1, 0.15) is 4.21 Å². The first-order valence-corrected chi connectivity index (χ1v) is 11.4. The summed E-state index contributed by atoms with van der Waals surface area (Å²) in [4.78, 5) is 14.6. The van der Waals surface area contributed by atoms with Gasteiger partial charge in [-0.3, -0.25) is 4.79 Å². The van der Waals surface area contributed by atoms with Gasteiger partial charge in [0.25, 0.3) is 10.0 Å². The molecule has 0 aliphatic carbocycles. The zero-order valence-corrected chi connectivity index (χ0v) is 17.9. The molecule has 0 unspecified atom stereocenters. The fraction of sp³-hybridized carbons (Fsp3) is 0.353. The number of hydrogen-bond donors (Lipinski definition) is 1. The fourth-order valence-electron chi connectivity index (χ4n) is 2.73. The standard InChI is InChI=1S/C17H20BrN3O4S2/c1-20(27(23,24)17-3-2-10-26-17)12-16(22)19-14-11-13(18)4-5-15(14)21-6-8-25-9-7-21/h2-5,10-11H,6-9,12H2,1H3,(H,19,22). The summed E-state index contributed by atoms with van der Waals surface area (Å²) in [5.74, 6) is -0.398. The van der Waals surface area contributed by atoms with Crippen LogP contribution in [0.15, 0.2) is 44.4 Å². The number of likely N-dealkylation sites (N-methyl/N-ethyl adjacent to an activating group) is 1. The quantitative estimate of drug-likeness (QED) is 0.697. The van der Waals surface area contributed by atoms with Crippen molar-refractivity contribution in [2.75, 3.05) is 50.1 Å². The minimum absolute atomic E-state index is 0.217. The van der Waals surface area contributed by atoms with E-state index in [2.05, 4.69) is 26.1 Å². The van der Waals surface area contributed by atoms with Crippen molar-refractivity contribution in [3.05, 3.63) is 40.2 Å². The zero-order chi connectivity index (χ0) is 19.4. The molecule has 7 nitrogen and oxygen atoms in total. The summed E-state index contributed by atoms with van der Waals surface area (Å²) in [6.45, 7) is 2.46. The topological polar surface area (TPSA) is 79.0 Å². The molecular formula is C17H20BrN3O4S2. The lowest BCUT2D eigenvalue weighted by atomic mass is 10.2. The number of nitrogens with zero attached hydrogens (tertiary/aromatic N) is 2. The molecule has 0 spiro atoms. The Labute approximate surface area is 171 Å². The Morgan fingerprint density at radius 3 is 2.74 bits per heavy atom. The Hall–Kier alpha value is -1.46. The molecule has 3 rings (SSSR count). The number of rotatable bonds is 6. The fourth-order valence-corrected chi connectivity index (χ4v) is 5.42. The molecule has 146 valence electrons. The molecular weight excluding hydrogens is 454 g/mol. The van der Waals surface area contributed by atoms with Gasteiger partial charge < -0.3 is 15.0 Å². The van der Waals surface area contributed by atoms with Crippen molar-refractivity contribution in [1.82, 2.24) is 4.31 Å². The average Bonchev–Trinajstić information content (AvgIpc) is 3.18. The first kappa shape index (κ1) is 20.3. The van der Waals surface area contributed by atoms with Gasteiger partial charge in [0.15, 0.2) is 0 Å². The number of amides is 1. The van der Waals surface area contributed by atoms with Crippen molar-refractivity contribution in [3.8, 4) is 0 Å². The van der Waals surface area contributed by atoms with Crippen LogP contribution in [0.25, 0.3) is 0 Å². The highest BCUT2D eigenvalue weighted by atomic mass is 79.9. The highest BCUT2D eigenvalue weighted by Gasteiger charge is 2.24. The molecule has 1 aromatic carbocycles. The number of morpholine rings is 1. The molecule has 1 aliphatic heterocycles. The van der Waals surface area contributed by atoms with Crippen LogP contribution >= 0.6 is 27.3 Å². The van der Waals surface area contributed by atoms with E-state index in [4.69, 9.17) is 4.74 Å². The van der Waals surface area contributed by atoms with Crippen LogP contribution in [0.3, 0.4) is 0 Å². The van der Waals surface area contributed by atoms with E-state index in [1.54, 1.807) is 11.4 Å². The Kier molecular flexibility index (Phi) is 6.53. The van der Waals surface area contributed by atoms with Crippen LogP contribution in [0, 0.1) is 0 Å². The molecule has 1 aromatic heterocycles. The molecule has 0 atom stereocenters. The average molecular weight is 474 g/mol. The maximum atomic E-state index is 12.5. The van der Waals surface area contributed by atoms with Gasteiger partial charge in [0, 0.05) is 24.6 Å². The van der Waals surface area contributed by atoms with E-state index in [0.29, 0.717) is 18.9 Å². The van der Waals surface area contributed by atoms with Gasteiger partial charge >= 0.3 is 0 Å². The molecule has 1 aliphatic rings. The summed E-state index contributed by atoms with van der Waals surface area (Å²) >= 11 is 4.55. The number of thiophene rings is 1. The Morgan fingerprint density at radius 1 is 1.33 bits per heavy atom. The predicted octanol–water partition coefficient (Wildman–Crippen LogP) is 2.61. The monoisotopic (exact) mass is 473 g/mol. The molecule has 1 N–H and O–H groups in total. The molecule has 1 saturated heterocycles. The summed E-state index contributed by atoms with van der Waals surface area (Å²) in [6.07, 6.45) is 0. The SMILES string of the molecule is CN(CC(=O)Nc1cc(Br)ccc1N1CCOCC1)S(=O)(=O)c1cccs1. The van der Waals surface area contributed by atoms with Gasteiger partial charge in [-0.05, 0) is 29.6 Å². The van der Waals surface area contributed by atoms with E-state index in [0.717, 1.165) is 38.9 Å². The number of sulfonamides is 1. The minimum Gasteiger partial charge on any atom is -0.378 e. The number of anilines is 2. The number of carbonyl (C=O) groups excluding carboxylic acids is 1. The summed E-state index contributed by atoms with van der Waals surface area (Å²) in [5.41, 5.74) is 1.52. The van der Waals surface area contributed by atoms with Crippen molar-refractivity contribution in [3.63, 3.8) is 0 Å². The van der Waals surface area contributed by atoms with Crippen LogP contribution in [0.5, 0.6) is 0 Å². The molecule has 27 heavy (non-hydrogen) atoms. The lowest BCUT2D eigenvalue weighted by Gasteiger charge is -2.30. The van der Waals surface area contributed by atoms with Crippen LogP contribution in [0.2, 0.25) is 0 Å². The van der Waals surface area contributed by atoms with E-state index in [1.165, 1.54) is 13.1 Å². The van der Waals surface area contributed by atoms with E-state index in [-0.39, 0.29) is 10.8 Å². The van der Waals surface area contributed by atoms with Crippen molar-refractivity contribution < 1.29 is 17.9 Å². The second-order valence-electron chi connectivity index (χ2n) is 6.00. The third-order valence-corrected chi connectivity index (χ3v) is 7.78. The highest BCUT2D eigenvalue weighted by molar-refractivity contribution is 9.10. The number of benzene rings is 1. The molecule has 1 fully saturated rings. The van der Waals surface area contributed by atoms with E-state index < -0.39 is 15.9 Å². The Morgan fingerprint density at radius 2 is 2.07 bits per heavy atom. The summed E-state index contributed by atoms with van der Waals surface area (Å²) in [6, 6.07) is 8.85. The Bertz CT molecular complexity index is 897. The summed E-state index contributed by atoms with van der Waals surface area (Å²) in [5, 5.41) is 4.53. The van der Waals surface area contributed by atoms with Crippen molar-refractivity contribution in [2.45, 2.75) is 4.21 Å². The summed E-state index contributed by atoms with van der Waals surface area (Å²) in [7, 11) is -2.27. The zero-order valence-electron chi connectivity index (χ0n) is 14.7. The maximum Gasteiger partial charge on any atom is 0.252 e. The van der Waals surface area contributed by atoms with Gasteiger partial charge in [-0.2, -0.15) is 4.31 Å². The van der Waals surface area contributed by atoms with Crippen molar-refractivity contribution in [1.29, 1.82) is 0 Å². The normalized spacial score (nSPS) is 15.1. The van der Waals surface area contributed by atoms with E-state index >= 15 is 0 Å². The number of ether oxygens (including phenoxy) is 1. The van der Waals surface area contributed by atoms with E-state index in [1.807, 2.05) is 18.2 Å². The van der Waals surface area contributed by atoms with Crippen LogP contribution in [0.4, 0.5) is 11.4 Å². The predicted molar refractivity (Wildman–Crippen MR) is 110 cm³/mol. The van der Waals surface area contributed by atoms with Crippen molar-refractivity contribution >= 4 is 54.6 Å². The largest absolute Gasteiger partial charge is 0.378 e. The maximum absolute atomic E-state index is 12.5. The number of nitrogens with one attached hydrogen (secondary N) is 1. The number of carbonyl (C=O) groups is 1. The second kappa shape index (κ2) is 8.70. The van der Waals surface area contributed by atoms with Gasteiger partial charge in [-0.15, -0.1) is 11.3 Å². The van der Waals surface area contributed by atoms with Gasteiger partial charge in [0.2, 0.25) is 5.91 Å². The molecule has 0 bridgehead atoms. The van der Waals surface area contributed by atoms with Gasteiger partial charge in [-0.1, -0.05) is 22.0 Å². The highest BCUT2D eigenvalue weighted by Crippen LogP contribution is 2.30. The molecule has 2 aromatic rings. The number of halogens is 1. The van der Waals surface area contributed by atoms with Gasteiger partial charge in [-0.25, -0.2) is 8.42 Å². The molecule has 1 amide bonds.